The van der Waals surface area contributed by atoms with Gasteiger partial charge in [0, 0.05) is 22.9 Å². The minimum absolute atomic E-state index is 0.251. The van der Waals surface area contributed by atoms with Gasteiger partial charge in [0.15, 0.2) is 17.1 Å². The fourth-order valence-corrected chi connectivity index (χ4v) is 3.45. The van der Waals surface area contributed by atoms with E-state index in [9.17, 15) is 4.79 Å². The van der Waals surface area contributed by atoms with Crippen LogP contribution >= 0.6 is 11.6 Å². The van der Waals surface area contributed by atoms with Gasteiger partial charge < -0.3 is 23.5 Å². The molecule has 4 aromatic rings. The number of hydrogen-bond donors (Lipinski definition) is 0. The van der Waals surface area contributed by atoms with Gasteiger partial charge in [-0.2, -0.15) is 0 Å². The van der Waals surface area contributed by atoms with E-state index in [1.165, 1.54) is 33.5 Å². The molecule has 1 aromatic heterocycles. The van der Waals surface area contributed by atoms with Crippen LogP contribution in [0.2, 0.25) is 5.02 Å². The predicted octanol–water partition coefficient (Wildman–Crippen LogP) is 5.32. The number of benzene rings is 3. The second-order valence-electron chi connectivity index (χ2n) is 6.89. The van der Waals surface area contributed by atoms with Crippen molar-refractivity contribution in [3.05, 3.63) is 76.4 Å². The van der Waals surface area contributed by atoms with Crippen molar-refractivity contribution in [2.75, 3.05) is 21.3 Å². The van der Waals surface area contributed by atoms with E-state index in [1.54, 1.807) is 12.1 Å². The number of rotatable bonds is 7. The molecule has 0 saturated heterocycles. The molecule has 4 rings (SSSR count). The Morgan fingerprint density at radius 2 is 1.62 bits per heavy atom. The van der Waals surface area contributed by atoms with Crippen LogP contribution < -0.4 is 18.9 Å². The lowest BCUT2D eigenvalue weighted by molar-refractivity contribution is 0.0734. The van der Waals surface area contributed by atoms with Gasteiger partial charge in [0.05, 0.1) is 32.6 Å². The minimum Gasteiger partial charge on any atom is -0.493 e. The molecule has 0 N–H and O–H groups in total. The molecule has 32 heavy (non-hydrogen) atoms. The number of methoxy groups -OCH3 is 3. The van der Waals surface area contributed by atoms with E-state index in [0.29, 0.717) is 40.0 Å². The zero-order chi connectivity index (χ0) is 22.7. The summed E-state index contributed by atoms with van der Waals surface area (Å²) in [6, 6.07) is 15.7. The van der Waals surface area contributed by atoms with E-state index in [-0.39, 0.29) is 5.56 Å². The Labute approximate surface area is 189 Å². The maximum atomic E-state index is 12.7. The Morgan fingerprint density at radius 3 is 2.25 bits per heavy atom. The van der Waals surface area contributed by atoms with Crippen molar-refractivity contribution >= 4 is 28.5 Å². The third kappa shape index (κ3) is 4.33. The van der Waals surface area contributed by atoms with Crippen LogP contribution in [0.15, 0.2) is 59.1 Å². The lowest BCUT2D eigenvalue weighted by Crippen LogP contribution is -2.09. The lowest BCUT2D eigenvalue weighted by atomic mass is 10.1. The van der Waals surface area contributed by atoms with Gasteiger partial charge >= 0.3 is 5.97 Å². The molecule has 1 heterocycles. The topological polar surface area (TPSA) is 80.0 Å². The predicted molar refractivity (Wildman–Crippen MR) is 119 cm³/mol. The van der Waals surface area contributed by atoms with E-state index < -0.39 is 5.97 Å². The first kappa shape index (κ1) is 21.5. The molecule has 0 atom stereocenters. The van der Waals surface area contributed by atoms with E-state index in [4.69, 9.17) is 35.1 Å². The Bertz CT molecular complexity index is 1240. The third-order valence-corrected chi connectivity index (χ3v) is 5.17. The van der Waals surface area contributed by atoms with Gasteiger partial charge in [0.25, 0.3) is 0 Å². The summed E-state index contributed by atoms with van der Waals surface area (Å²) >= 11 is 5.94. The number of hydrogen-bond acceptors (Lipinski definition) is 7. The van der Waals surface area contributed by atoms with Crippen LogP contribution in [0.4, 0.5) is 0 Å². The first-order valence-electron chi connectivity index (χ1n) is 9.67. The average Bonchev–Trinajstić information content (AvgIpc) is 3.21. The normalized spacial score (nSPS) is 10.8. The third-order valence-electron chi connectivity index (χ3n) is 4.91. The minimum atomic E-state index is -0.579. The van der Waals surface area contributed by atoms with Gasteiger partial charge in [-0.3, -0.25) is 0 Å². The fourth-order valence-electron chi connectivity index (χ4n) is 3.32. The molecule has 0 fully saturated rings. The van der Waals surface area contributed by atoms with E-state index in [2.05, 4.69) is 5.16 Å². The fraction of sp³-hybridized carbons (Fsp3) is 0.167. The van der Waals surface area contributed by atoms with Gasteiger partial charge in [0.1, 0.15) is 5.75 Å². The van der Waals surface area contributed by atoms with Crippen LogP contribution in [0.3, 0.4) is 0 Å². The summed E-state index contributed by atoms with van der Waals surface area (Å²) < 4.78 is 26.8. The van der Waals surface area contributed by atoms with Gasteiger partial charge in [-0.05, 0) is 42.0 Å². The highest BCUT2D eigenvalue weighted by Crippen LogP contribution is 2.38. The summed E-state index contributed by atoms with van der Waals surface area (Å²) in [5.74, 6) is 0.852. The summed E-state index contributed by atoms with van der Waals surface area (Å²) in [5.41, 5.74) is 2.61. The molecular weight excluding hydrogens is 434 g/mol. The molecule has 0 bridgehead atoms. The maximum absolute atomic E-state index is 12.7. The Hall–Kier alpha value is -3.71. The lowest BCUT2D eigenvalue weighted by Gasteiger charge is -2.13. The van der Waals surface area contributed by atoms with Crippen LogP contribution in [0.25, 0.3) is 11.0 Å². The zero-order valence-electron chi connectivity index (χ0n) is 17.7. The average molecular weight is 454 g/mol. The van der Waals surface area contributed by atoms with E-state index >= 15 is 0 Å². The molecule has 0 saturated carbocycles. The van der Waals surface area contributed by atoms with Crippen molar-refractivity contribution in [1.29, 1.82) is 0 Å². The molecule has 0 aliphatic carbocycles. The molecule has 0 spiro atoms. The number of carbonyl (C=O) groups is 1. The maximum Gasteiger partial charge on any atom is 0.343 e. The number of halogens is 1. The first-order valence-corrected chi connectivity index (χ1v) is 10.0. The molecule has 164 valence electrons. The smallest absolute Gasteiger partial charge is 0.343 e. The highest BCUT2D eigenvalue weighted by molar-refractivity contribution is 6.30. The van der Waals surface area contributed by atoms with Crippen LogP contribution in [0.1, 0.15) is 21.6 Å². The number of fused-ring (bicyclic) bond motifs is 1. The van der Waals surface area contributed by atoms with Crippen molar-refractivity contribution in [2.45, 2.75) is 6.42 Å². The van der Waals surface area contributed by atoms with Gasteiger partial charge in [0.2, 0.25) is 5.75 Å². The summed E-state index contributed by atoms with van der Waals surface area (Å²) in [4.78, 5) is 12.7. The molecular formula is C24H20ClNO6. The number of ether oxygens (including phenoxy) is 4. The van der Waals surface area contributed by atoms with Crippen molar-refractivity contribution in [1.82, 2.24) is 5.16 Å². The van der Waals surface area contributed by atoms with Crippen LogP contribution in [-0.2, 0) is 6.42 Å². The van der Waals surface area contributed by atoms with Crippen LogP contribution in [-0.4, -0.2) is 32.5 Å². The van der Waals surface area contributed by atoms with Crippen LogP contribution in [0.5, 0.6) is 23.0 Å². The molecule has 0 unspecified atom stereocenters. The second-order valence-corrected chi connectivity index (χ2v) is 7.33. The number of nitrogens with zero attached hydrogens (tertiary/aromatic N) is 1. The standard InChI is InChI=1S/C24H20ClNO6/c1-28-21-11-15(12-22(29-2)23(21)30-3)24(27)31-17-8-9-18-19(26-32-20(18)13-17)10-14-4-6-16(25)7-5-14/h4-9,11-13H,10H2,1-3H3. The molecule has 0 aliphatic rings. The molecule has 8 heteroatoms. The molecule has 7 nitrogen and oxygen atoms in total. The summed E-state index contributed by atoms with van der Waals surface area (Å²) in [6.45, 7) is 0. The monoisotopic (exact) mass is 453 g/mol. The van der Waals surface area contributed by atoms with Gasteiger partial charge in [-0.15, -0.1) is 0 Å². The number of carbonyl (C=O) groups excluding carboxylic acids is 1. The highest BCUT2D eigenvalue weighted by atomic mass is 35.5. The summed E-state index contributed by atoms with van der Waals surface area (Å²) in [7, 11) is 4.45. The largest absolute Gasteiger partial charge is 0.493 e. The Balaban J connectivity index is 1.56. The number of aromatic nitrogens is 1. The van der Waals surface area contributed by atoms with Crippen molar-refractivity contribution < 1.29 is 28.3 Å². The van der Waals surface area contributed by atoms with Gasteiger partial charge in [-0.1, -0.05) is 28.9 Å². The Morgan fingerprint density at radius 1 is 0.938 bits per heavy atom. The molecule has 0 amide bonds. The molecule has 3 aromatic carbocycles. The second kappa shape index (κ2) is 9.20. The highest BCUT2D eigenvalue weighted by Gasteiger charge is 2.19. The van der Waals surface area contributed by atoms with Gasteiger partial charge in [-0.25, -0.2) is 4.79 Å². The zero-order valence-corrected chi connectivity index (χ0v) is 18.4. The summed E-state index contributed by atoms with van der Waals surface area (Å²) in [6.07, 6.45) is 0.592. The van der Waals surface area contributed by atoms with Crippen LogP contribution in [0, 0.1) is 0 Å². The van der Waals surface area contributed by atoms with Crippen molar-refractivity contribution in [2.24, 2.45) is 0 Å². The molecule has 0 radical (unpaired) electrons. The van der Waals surface area contributed by atoms with E-state index in [0.717, 1.165) is 16.6 Å². The van der Waals surface area contributed by atoms with Crippen molar-refractivity contribution in [3.63, 3.8) is 0 Å². The van der Waals surface area contributed by atoms with E-state index in [1.807, 2.05) is 30.3 Å². The molecule has 0 aliphatic heterocycles. The number of esters is 1. The summed E-state index contributed by atoms with van der Waals surface area (Å²) in [5, 5.41) is 5.68. The SMILES string of the molecule is COc1cc(C(=O)Oc2ccc3c(Cc4ccc(Cl)cc4)noc3c2)cc(OC)c1OC. The van der Waals surface area contributed by atoms with Crippen molar-refractivity contribution in [3.8, 4) is 23.0 Å². The Kier molecular flexibility index (Phi) is 6.18. The first-order chi connectivity index (χ1) is 15.5. The quantitative estimate of drug-likeness (QED) is 0.277.